The SMILES string of the molecule is CCCCOc1ccc(C2CCC(COc3ccc(C)c(F)c3)CC2)c(F)c1F. The highest BCUT2D eigenvalue weighted by Gasteiger charge is 2.27. The number of benzene rings is 2. The number of hydrogen-bond acceptors (Lipinski definition) is 2. The molecule has 0 unspecified atom stereocenters. The van der Waals surface area contributed by atoms with E-state index in [-0.39, 0.29) is 17.5 Å². The van der Waals surface area contributed by atoms with Crippen LogP contribution in [0.4, 0.5) is 13.2 Å². The molecule has 0 saturated heterocycles. The first-order valence-corrected chi connectivity index (χ1v) is 10.5. The molecule has 2 aromatic carbocycles. The lowest BCUT2D eigenvalue weighted by Gasteiger charge is -2.29. The van der Waals surface area contributed by atoms with E-state index in [1.807, 2.05) is 6.92 Å². The summed E-state index contributed by atoms with van der Waals surface area (Å²) in [5, 5.41) is 0. The minimum Gasteiger partial charge on any atom is -0.493 e. The molecule has 0 atom stereocenters. The summed E-state index contributed by atoms with van der Waals surface area (Å²) in [6.07, 6.45) is 5.05. The second kappa shape index (κ2) is 10.0. The van der Waals surface area contributed by atoms with Gasteiger partial charge in [-0.15, -0.1) is 0 Å². The van der Waals surface area contributed by atoms with Crippen molar-refractivity contribution in [2.24, 2.45) is 5.92 Å². The highest BCUT2D eigenvalue weighted by molar-refractivity contribution is 5.33. The van der Waals surface area contributed by atoms with Crippen molar-refractivity contribution in [1.82, 2.24) is 0 Å². The van der Waals surface area contributed by atoms with Gasteiger partial charge >= 0.3 is 0 Å². The van der Waals surface area contributed by atoms with E-state index in [0.717, 1.165) is 38.5 Å². The van der Waals surface area contributed by atoms with Gasteiger partial charge in [0.15, 0.2) is 11.6 Å². The van der Waals surface area contributed by atoms with Crippen LogP contribution in [0, 0.1) is 30.3 Å². The topological polar surface area (TPSA) is 18.5 Å². The summed E-state index contributed by atoms with van der Waals surface area (Å²) in [6.45, 7) is 4.63. The molecule has 1 aliphatic carbocycles. The second-order valence-electron chi connectivity index (χ2n) is 7.92. The molecule has 2 nitrogen and oxygen atoms in total. The molecule has 1 fully saturated rings. The highest BCUT2D eigenvalue weighted by atomic mass is 19.2. The quantitative estimate of drug-likeness (QED) is 0.442. The van der Waals surface area contributed by atoms with Gasteiger partial charge in [0, 0.05) is 6.07 Å². The normalized spacial score (nSPS) is 19.2. The van der Waals surface area contributed by atoms with E-state index in [4.69, 9.17) is 9.47 Å². The van der Waals surface area contributed by atoms with E-state index in [9.17, 15) is 13.2 Å². The van der Waals surface area contributed by atoms with E-state index in [2.05, 4.69) is 0 Å². The first-order chi connectivity index (χ1) is 14.0. The molecule has 29 heavy (non-hydrogen) atoms. The minimum absolute atomic E-state index is 0.00209. The summed E-state index contributed by atoms with van der Waals surface area (Å²) in [5.41, 5.74) is 1.03. The Hall–Kier alpha value is -2.17. The van der Waals surface area contributed by atoms with Crippen molar-refractivity contribution in [2.45, 2.75) is 58.3 Å². The Balaban J connectivity index is 1.53. The summed E-state index contributed by atoms with van der Waals surface area (Å²) in [4.78, 5) is 0. The standard InChI is InChI=1S/C24H29F3O2/c1-3-4-13-28-22-12-11-20(23(26)24(22)27)18-8-6-17(7-9-18)15-29-19-10-5-16(2)21(25)14-19/h5,10-12,14,17-18H,3-4,6-9,13,15H2,1-2H3. The van der Waals surface area contributed by atoms with Gasteiger partial charge in [0.25, 0.3) is 0 Å². The number of hydrogen-bond donors (Lipinski definition) is 0. The van der Waals surface area contributed by atoms with E-state index >= 15 is 0 Å². The van der Waals surface area contributed by atoms with Crippen molar-refractivity contribution >= 4 is 0 Å². The third kappa shape index (κ3) is 5.46. The van der Waals surface area contributed by atoms with Gasteiger partial charge in [-0.25, -0.2) is 8.78 Å². The maximum absolute atomic E-state index is 14.6. The Morgan fingerprint density at radius 3 is 2.38 bits per heavy atom. The first-order valence-electron chi connectivity index (χ1n) is 10.5. The average Bonchev–Trinajstić information content (AvgIpc) is 2.73. The Morgan fingerprint density at radius 2 is 1.69 bits per heavy atom. The molecule has 158 valence electrons. The third-order valence-electron chi connectivity index (χ3n) is 5.75. The van der Waals surface area contributed by atoms with Crippen LogP contribution in [-0.4, -0.2) is 13.2 Å². The van der Waals surface area contributed by atoms with Crippen LogP contribution in [-0.2, 0) is 0 Å². The molecule has 0 bridgehead atoms. The fraction of sp³-hybridized carbons (Fsp3) is 0.500. The summed E-state index contributed by atoms with van der Waals surface area (Å²) in [7, 11) is 0. The first kappa shape index (κ1) is 21.5. The fourth-order valence-corrected chi connectivity index (χ4v) is 3.82. The lowest BCUT2D eigenvalue weighted by atomic mass is 9.79. The molecular formula is C24H29F3O2. The Kier molecular flexibility index (Phi) is 7.45. The van der Waals surface area contributed by atoms with Gasteiger partial charge in [-0.05, 0) is 74.1 Å². The van der Waals surface area contributed by atoms with Crippen LogP contribution < -0.4 is 9.47 Å². The largest absolute Gasteiger partial charge is 0.493 e. The van der Waals surface area contributed by atoms with Crippen molar-refractivity contribution in [3.8, 4) is 11.5 Å². The summed E-state index contributed by atoms with van der Waals surface area (Å²) in [6, 6.07) is 8.09. The van der Waals surface area contributed by atoms with E-state index in [0.29, 0.717) is 36.0 Å². The zero-order valence-corrected chi connectivity index (χ0v) is 17.1. The highest BCUT2D eigenvalue weighted by Crippen LogP contribution is 2.39. The van der Waals surface area contributed by atoms with E-state index < -0.39 is 11.6 Å². The average molecular weight is 406 g/mol. The Morgan fingerprint density at radius 1 is 0.931 bits per heavy atom. The number of rotatable bonds is 8. The predicted molar refractivity (Wildman–Crippen MR) is 108 cm³/mol. The van der Waals surface area contributed by atoms with E-state index in [1.165, 1.54) is 6.07 Å². The van der Waals surface area contributed by atoms with Gasteiger partial charge in [-0.2, -0.15) is 4.39 Å². The number of aryl methyl sites for hydroxylation is 1. The minimum atomic E-state index is -0.884. The van der Waals surface area contributed by atoms with Crippen molar-refractivity contribution in [3.05, 3.63) is 58.9 Å². The molecule has 0 spiro atoms. The number of ether oxygens (including phenoxy) is 2. The van der Waals surface area contributed by atoms with Crippen LogP contribution in [0.15, 0.2) is 30.3 Å². The van der Waals surface area contributed by atoms with Crippen LogP contribution in [0.25, 0.3) is 0 Å². The molecule has 3 rings (SSSR count). The Bertz CT molecular complexity index is 814. The van der Waals surface area contributed by atoms with Gasteiger partial charge in [-0.3, -0.25) is 0 Å². The molecule has 0 radical (unpaired) electrons. The van der Waals surface area contributed by atoms with Crippen LogP contribution in [0.3, 0.4) is 0 Å². The summed E-state index contributed by atoms with van der Waals surface area (Å²) >= 11 is 0. The maximum atomic E-state index is 14.6. The van der Waals surface area contributed by atoms with Crippen LogP contribution in [0.2, 0.25) is 0 Å². The lowest BCUT2D eigenvalue weighted by molar-refractivity contribution is 0.198. The van der Waals surface area contributed by atoms with Gasteiger partial charge < -0.3 is 9.47 Å². The van der Waals surface area contributed by atoms with Crippen LogP contribution in [0.5, 0.6) is 11.5 Å². The summed E-state index contributed by atoms with van der Waals surface area (Å²) < 4.78 is 53.6. The monoisotopic (exact) mass is 406 g/mol. The molecule has 1 saturated carbocycles. The lowest BCUT2D eigenvalue weighted by Crippen LogP contribution is -2.20. The molecule has 0 N–H and O–H groups in total. The molecule has 5 heteroatoms. The molecule has 0 aromatic heterocycles. The molecule has 0 aliphatic heterocycles. The van der Waals surface area contributed by atoms with Crippen LogP contribution in [0.1, 0.15) is 62.5 Å². The van der Waals surface area contributed by atoms with E-state index in [1.54, 1.807) is 31.2 Å². The molecular weight excluding hydrogens is 377 g/mol. The van der Waals surface area contributed by atoms with Crippen molar-refractivity contribution in [3.63, 3.8) is 0 Å². The van der Waals surface area contributed by atoms with Gasteiger partial charge in [0.05, 0.1) is 13.2 Å². The van der Waals surface area contributed by atoms with Gasteiger partial charge in [-0.1, -0.05) is 25.5 Å². The Labute approximate surface area is 171 Å². The smallest absolute Gasteiger partial charge is 0.200 e. The molecule has 0 heterocycles. The number of unbranched alkanes of at least 4 members (excludes halogenated alkanes) is 1. The maximum Gasteiger partial charge on any atom is 0.200 e. The second-order valence-corrected chi connectivity index (χ2v) is 7.92. The zero-order chi connectivity index (χ0) is 20.8. The zero-order valence-electron chi connectivity index (χ0n) is 17.1. The summed E-state index contributed by atoms with van der Waals surface area (Å²) in [5.74, 6) is -1.08. The number of halogens is 3. The van der Waals surface area contributed by atoms with Gasteiger partial charge in [0.1, 0.15) is 11.6 Å². The third-order valence-corrected chi connectivity index (χ3v) is 5.75. The van der Waals surface area contributed by atoms with Gasteiger partial charge in [0.2, 0.25) is 5.82 Å². The van der Waals surface area contributed by atoms with Crippen molar-refractivity contribution in [1.29, 1.82) is 0 Å². The molecule has 0 amide bonds. The predicted octanol–water partition coefficient (Wildman–Crippen LogP) is 6.94. The molecule has 2 aromatic rings. The molecule has 1 aliphatic rings. The van der Waals surface area contributed by atoms with Crippen molar-refractivity contribution < 1.29 is 22.6 Å². The van der Waals surface area contributed by atoms with Crippen LogP contribution >= 0.6 is 0 Å². The van der Waals surface area contributed by atoms with Crippen molar-refractivity contribution in [2.75, 3.05) is 13.2 Å². The fourth-order valence-electron chi connectivity index (χ4n) is 3.82.